The smallest absolute Gasteiger partial charge is 0.160 e. The third-order valence-corrected chi connectivity index (χ3v) is 4.95. The molecule has 2 aromatic carbocycles. The standard InChI is InChI=1S/C20H25ClN2O2.ClH/c1-24-19-7-6-16(14-20(19)25-2)8-9-22-10-12-23(13-11-22)18-5-3-4-17(21)15-18;/h3-7,14-15H,8-13H2,1-2H3;1H. The largest absolute Gasteiger partial charge is 0.493 e. The zero-order valence-corrected chi connectivity index (χ0v) is 16.9. The van der Waals surface area contributed by atoms with Gasteiger partial charge in [-0.2, -0.15) is 0 Å². The molecular formula is C20H26Cl2N2O2. The second kappa shape index (κ2) is 9.91. The van der Waals surface area contributed by atoms with Crippen LogP contribution in [0.5, 0.6) is 11.5 Å². The second-order valence-corrected chi connectivity index (χ2v) is 6.68. The monoisotopic (exact) mass is 396 g/mol. The van der Waals surface area contributed by atoms with Crippen molar-refractivity contribution in [3.63, 3.8) is 0 Å². The highest BCUT2D eigenvalue weighted by Crippen LogP contribution is 2.28. The van der Waals surface area contributed by atoms with E-state index in [9.17, 15) is 0 Å². The predicted octanol–water partition coefficient (Wildman–Crippen LogP) is 4.14. The Morgan fingerprint density at radius 2 is 1.65 bits per heavy atom. The minimum Gasteiger partial charge on any atom is -0.493 e. The maximum Gasteiger partial charge on any atom is 0.160 e. The first-order valence-electron chi connectivity index (χ1n) is 8.63. The average molecular weight is 397 g/mol. The molecule has 6 heteroatoms. The van der Waals surface area contributed by atoms with Gasteiger partial charge in [0.1, 0.15) is 0 Å². The number of methoxy groups -OCH3 is 2. The van der Waals surface area contributed by atoms with E-state index in [1.165, 1.54) is 11.3 Å². The maximum atomic E-state index is 6.10. The van der Waals surface area contributed by atoms with Crippen molar-refractivity contribution in [3.05, 3.63) is 53.1 Å². The van der Waals surface area contributed by atoms with Crippen molar-refractivity contribution in [1.82, 2.24) is 4.90 Å². The fraction of sp³-hybridized carbons (Fsp3) is 0.400. The van der Waals surface area contributed by atoms with Gasteiger partial charge in [0.15, 0.2) is 11.5 Å². The molecule has 142 valence electrons. The van der Waals surface area contributed by atoms with Crippen LogP contribution in [-0.2, 0) is 6.42 Å². The highest BCUT2D eigenvalue weighted by atomic mass is 35.5. The van der Waals surface area contributed by atoms with Crippen LogP contribution in [0.3, 0.4) is 0 Å². The third-order valence-electron chi connectivity index (χ3n) is 4.71. The number of piperazine rings is 1. The minimum absolute atomic E-state index is 0. The fourth-order valence-corrected chi connectivity index (χ4v) is 3.41. The molecule has 0 unspecified atom stereocenters. The van der Waals surface area contributed by atoms with E-state index in [-0.39, 0.29) is 12.4 Å². The van der Waals surface area contributed by atoms with Gasteiger partial charge in [-0.15, -0.1) is 12.4 Å². The molecule has 4 nitrogen and oxygen atoms in total. The minimum atomic E-state index is 0. The first-order chi connectivity index (χ1) is 12.2. The molecule has 0 aliphatic carbocycles. The van der Waals surface area contributed by atoms with Crippen LogP contribution in [0.2, 0.25) is 5.02 Å². The normalized spacial score (nSPS) is 14.7. The van der Waals surface area contributed by atoms with Gasteiger partial charge in [-0.3, -0.25) is 4.90 Å². The lowest BCUT2D eigenvalue weighted by molar-refractivity contribution is 0.261. The van der Waals surface area contributed by atoms with Crippen LogP contribution in [0.4, 0.5) is 5.69 Å². The van der Waals surface area contributed by atoms with Gasteiger partial charge in [-0.05, 0) is 42.3 Å². The van der Waals surface area contributed by atoms with Crippen LogP contribution in [-0.4, -0.2) is 51.8 Å². The Bertz CT molecular complexity index is 704. The van der Waals surface area contributed by atoms with Crippen LogP contribution in [0.1, 0.15) is 5.56 Å². The second-order valence-electron chi connectivity index (χ2n) is 6.25. The number of ether oxygens (including phenoxy) is 2. The number of hydrogen-bond donors (Lipinski definition) is 0. The van der Waals surface area contributed by atoms with Gasteiger partial charge in [0.2, 0.25) is 0 Å². The zero-order chi connectivity index (χ0) is 17.6. The molecule has 0 amide bonds. The number of nitrogens with zero attached hydrogens (tertiary/aromatic N) is 2. The highest BCUT2D eigenvalue weighted by molar-refractivity contribution is 6.30. The molecule has 2 aromatic rings. The molecule has 1 fully saturated rings. The van der Waals surface area contributed by atoms with Crippen molar-refractivity contribution < 1.29 is 9.47 Å². The molecule has 3 rings (SSSR count). The average Bonchev–Trinajstić information content (AvgIpc) is 2.66. The molecule has 0 aromatic heterocycles. The van der Waals surface area contributed by atoms with Crippen molar-refractivity contribution in [2.45, 2.75) is 6.42 Å². The molecule has 0 atom stereocenters. The van der Waals surface area contributed by atoms with Gasteiger partial charge in [0.25, 0.3) is 0 Å². The lowest BCUT2D eigenvalue weighted by atomic mass is 10.1. The van der Waals surface area contributed by atoms with Crippen molar-refractivity contribution in [2.24, 2.45) is 0 Å². The summed E-state index contributed by atoms with van der Waals surface area (Å²) in [6, 6.07) is 14.3. The van der Waals surface area contributed by atoms with Crippen LogP contribution in [0.25, 0.3) is 0 Å². The van der Waals surface area contributed by atoms with E-state index >= 15 is 0 Å². The van der Waals surface area contributed by atoms with Gasteiger partial charge in [0, 0.05) is 43.4 Å². The fourth-order valence-electron chi connectivity index (χ4n) is 3.23. The number of halogens is 2. The number of benzene rings is 2. The number of hydrogen-bond acceptors (Lipinski definition) is 4. The molecule has 26 heavy (non-hydrogen) atoms. The number of rotatable bonds is 6. The summed E-state index contributed by atoms with van der Waals surface area (Å²) in [7, 11) is 3.34. The van der Waals surface area contributed by atoms with E-state index in [1.54, 1.807) is 14.2 Å². The Balaban J connectivity index is 0.00000243. The molecular weight excluding hydrogens is 371 g/mol. The lowest BCUT2D eigenvalue weighted by Gasteiger charge is -2.36. The van der Waals surface area contributed by atoms with E-state index in [1.807, 2.05) is 24.3 Å². The van der Waals surface area contributed by atoms with E-state index in [0.29, 0.717) is 0 Å². The molecule has 1 heterocycles. The summed E-state index contributed by atoms with van der Waals surface area (Å²) in [5.41, 5.74) is 2.49. The molecule has 0 spiro atoms. The van der Waals surface area contributed by atoms with Crippen molar-refractivity contribution >= 4 is 29.7 Å². The van der Waals surface area contributed by atoms with Gasteiger partial charge in [0.05, 0.1) is 14.2 Å². The third kappa shape index (κ3) is 5.19. The summed E-state index contributed by atoms with van der Waals surface area (Å²) in [5, 5.41) is 0.799. The summed E-state index contributed by atoms with van der Waals surface area (Å²) in [4.78, 5) is 4.91. The van der Waals surface area contributed by atoms with Crippen molar-refractivity contribution in [3.8, 4) is 11.5 Å². The van der Waals surface area contributed by atoms with Gasteiger partial charge in [-0.1, -0.05) is 23.7 Å². The number of anilines is 1. The zero-order valence-electron chi connectivity index (χ0n) is 15.3. The van der Waals surface area contributed by atoms with Crippen LogP contribution >= 0.6 is 24.0 Å². The maximum absolute atomic E-state index is 6.10. The molecule has 1 aliphatic rings. The Morgan fingerprint density at radius 1 is 0.923 bits per heavy atom. The molecule has 0 N–H and O–H groups in total. The first kappa shape index (κ1) is 20.7. The van der Waals surface area contributed by atoms with E-state index in [0.717, 1.165) is 55.7 Å². The quantitative estimate of drug-likeness (QED) is 0.732. The first-order valence-corrected chi connectivity index (χ1v) is 9.01. The van der Waals surface area contributed by atoms with Crippen molar-refractivity contribution in [2.75, 3.05) is 51.8 Å². The van der Waals surface area contributed by atoms with E-state index in [4.69, 9.17) is 21.1 Å². The topological polar surface area (TPSA) is 24.9 Å². The van der Waals surface area contributed by atoms with Crippen LogP contribution in [0.15, 0.2) is 42.5 Å². The van der Waals surface area contributed by atoms with E-state index in [2.05, 4.69) is 28.0 Å². The Morgan fingerprint density at radius 3 is 2.31 bits per heavy atom. The summed E-state index contributed by atoms with van der Waals surface area (Å²) in [6.45, 7) is 5.26. The van der Waals surface area contributed by atoms with E-state index < -0.39 is 0 Å². The Kier molecular flexibility index (Phi) is 7.88. The molecule has 1 saturated heterocycles. The Labute approximate surface area is 167 Å². The van der Waals surface area contributed by atoms with Gasteiger partial charge in [-0.25, -0.2) is 0 Å². The van der Waals surface area contributed by atoms with Gasteiger partial charge < -0.3 is 14.4 Å². The predicted molar refractivity (Wildman–Crippen MR) is 111 cm³/mol. The van der Waals surface area contributed by atoms with Crippen LogP contribution in [0, 0.1) is 0 Å². The Hall–Kier alpha value is -1.62. The summed E-state index contributed by atoms with van der Waals surface area (Å²) >= 11 is 6.10. The van der Waals surface area contributed by atoms with Gasteiger partial charge >= 0.3 is 0 Å². The summed E-state index contributed by atoms with van der Waals surface area (Å²) in [6.07, 6.45) is 1.01. The van der Waals surface area contributed by atoms with Crippen LogP contribution < -0.4 is 14.4 Å². The summed E-state index contributed by atoms with van der Waals surface area (Å²) in [5.74, 6) is 1.58. The highest BCUT2D eigenvalue weighted by Gasteiger charge is 2.17. The SMILES string of the molecule is COc1ccc(CCN2CCN(c3cccc(Cl)c3)CC2)cc1OC.Cl. The lowest BCUT2D eigenvalue weighted by Crippen LogP contribution is -2.47. The molecule has 0 radical (unpaired) electrons. The van der Waals surface area contributed by atoms with Crippen molar-refractivity contribution in [1.29, 1.82) is 0 Å². The molecule has 1 aliphatic heterocycles. The molecule has 0 bridgehead atoms. The summed E-state index contributed by atoms with van der Waals surface area (Å²) < 4.78 is 10.7. The molecule has 0 saturated carbocycles.